The first-order valence-corrected chi connectivity index (χ1v) is 5.43. The number of rotatable bonds is 3. The molecular formula is C11H18N2O4. The zero-order valence-corrected chi connectivity index (χ0v) is 10.6. The lowest BCUT2D eigenvalue weighted by Crippen LogP contribution is -2.53. The number of carboxylic acid groups (broad SMARTS) is 1. The van der Waals surface area contributed by atoms with Crippen molar-refractivity contribution in [1.29, 1.82) is 0 Å². The van der Waals surface area contributed by atoms with Gasteiger partial charge in [0.25, 0.3) is 0 Å². The van der Waals surface area contributed by atoms with Gasteiger partial charge in [-0.2, -0.15) is 0 Å². The van der Waals surface area contributed by atoms with E-state index in [-0.39, 0.29) is 24.8 Å². The van der Waals surface area contributed by atoms with Gasteiger partial charge in [0.2, 0.25) is 11.8 Å². The predicted molar refractivity (Wildman–Crippen MR) is 60.3 cm³/mol. The van der Waals surface area contributed by atoms with Gasteiger partial charge in [-0.15, -0.1) is 0 Å². The lowest BCUT2D eigenvalue weighted by molar-refractivity contribution is -0.143. The number of hydrogen-bond acceptors (Lipinski definition) is 4. The topological polar surface area (TPSA) is 77.9 Å². The summed E-state index contributed by atoms with van der Waals surface area (Å²) in [6, 6.07) is -0.663. The van der Waals surface area contributed by atoms with Gasteiger partial charge >= 0.3 is 5.97 Å². The third-order valence-corrected chi connectivity index (χ3v) is 2.90. The average molecular weight is 242 g/mol. The highest BCUT2D eigenvalue weighted by Gasteiger charge is 2.43. The van der Waals surface area contributed by atoms with Gasteiger partial charge in [0.1, 0.15) is 0 Å². The molecule has 96 valence electrons. The van der Waals surface area contributed by atoms with Crippen LogP contribution in [-0.4, -0.2) is 57.9 Å². The first kappa shape index (κ1) is 13.6. The first-order valence-electron chi connectivity index (χ1n) is 5.43. The van der Waals surface area contributed by atoms with Gasteiger partial charge in [0.05, 0.1) is 19.0 Å². The number of carbonyl (C=O) groups is 3. The van der Waals surface area contributed by atoms with Crippen molar-refractivity contribution in [2.75, 3.05) is 13.6 Å². The van der Waals surface area contributed by atoms with E-state index >= 15 is 0 Å². The number of carboxylic acids is 1. The van der Waals surface area contributed by atoms with Gasteiger partial charge in [-0.25, -0.2) is 0 Å². The van der Waals surface area contributed by atoms with E-state index < -0.39 is 17.6 Å². The molecule has 6 heteroatoms. The highest BCUT2D eigenvalue weighted by atomic mass is 16.4. The van der Waals surface area contributed by atoms with Crippen molar-refractivity contribution < 1.29 is 19.5 Å². The van der Waals surface area contributed by atoms with Crippen LogP contribution in [0.1, 0.15) is 27.2 Å². The summed E-state index contributed by atoms with van der Waals surface area (Å²) in [6.07, 6.45) is 0.0554. The Morgan fingerprint density at radius 1 is 1.47 bits per heavy atom. The molecule has 6 nitrogen and oxygen atoms in total. The minimum Gasteiger partial charge on any atom is -0.480 e. The van der Waals surface area contributed by atoms with Gasteiger partial charge in [-0.1, -0.05) is 0 Å². The van der Waals surface area contributed by atoms with Gasteiger partial charge in [-0.3, -0.25) is 24.2 Å². The molecule has 1 heterocycles. The largest absolute Gasteiger partial charge is 0.480 e. The quantitative estimate of drug-likeness (QED) is 0.701. The first-order chi connectivity index (χ1) is 7.64. The van der Waals surface area contributed by atoms with E-state index in [2.05, 4.69) is 0 Å². The maximum atomic E-state index is 11.9. The van der Waals surface area contributed by atoms with Gasteiger partial charge < -0.3 is 5.11 Å². The van der Waals surface area contributed by atoms with Crippen LogP contribution in [0.25, 0.3) is 0 Å². The van der Waals surface area contributed by atoms with Gasteiger partial charge in [0.15, 0.2) is 0 Å². The zero-order chi connectivity index (χ0) is 13.4. The number of likely N-dealkylation sites (tertiary alicyclic amines) is 1. The number of amides is 2. The molecule has 0 aromatic rings. The van der Waals surface area contributed by atoms with E-state index in [0.29, 0.717) is 0 Å². The van der Waals surface area contributed by atoms with Gasteiger partial charge in [0, 0.05) is 12.6 Å². The van der Waals surface area contributed by atoms with Crippen LogP contribution in [-0.2, 0) is 14.4 Å². The molecule has 1 aliphatic heterocycles. The molecule has 0 aliphatic carbocycles. The minimum absolute atomic E-state index is 0.0554. The fourth-order valence-corrected chi connectivity index (χ4v) is 1.94. The van der Waals surface area contributed by atoms with Gasteiger partial charge in [-0.05, 0) is 20.8 Å². The molecule has 2 amide bonds. The lowest BCUT2D eigenvalue weighted by Gasteiger charge is -2.37. The molecule has 0 bridgehead atoms. The minimum atomic E-state index is -1.00. The van der Waals surface area contributed by atoms with Crippen LogP contribution in [0.4, 0.5) is 0 Å². The monoisotopic (exact) mass is 242 g/mol. The molecule has 0 spiro atoms. The molecule has 17 heavy (non-hydrogen) atoms. The Balaban J connectivity index is 2.96. The van der Waals surface area contributed by atoms with Crippen LogP contribution in [0.3, 0.4) is 0 Å². The normalized spacial score (nSPS) is 21.5. The third-order valence-electron chi connectivity index (χ3n) is 2.90. The van der Waals surface area contributed by atoms with Crippen LogP contribution >= 0.6 is 0 Å². The highest BCUT2D eigenvalue weighted by Crippen LogP contribution is 2.24. The molecule has 1 atom stereocenters. The molecule has 1 rings (SSSR count). The standard InChI is InChI=1S/C11H18N2O4/c1-11(2,3)13(6-9(15)16)7-5-8(14)12(4)10(7)17/h7H,5-6H2,1-4H3,(H,15,16). The summed E-state index contributed by atoms with van der Waals surface area (Å²) < 4.78 is 0. The van der Waals surface area contributed by atoms with E-state index in [1.807, 2.05) is 20.8 Å². The molecule has 1 aliphatic rings. The predicted octanol–water partition coefficient (Wildman–Crippen LogP) is -0.0712. The van der Waals surface area contributed by atoms with E-state index in [1.54, 1.807) is 4.90 Å². The van der Waals surface area contributed by atoms with Crippen molar-refractivity contribution >= 4 is 17.8 Å². The van der Waals surface area contributed by atoms with Crippen molar-refractivity contribution in [2.24, 2.45) is 0 Å². The van der Waals surface area contributed by atoms with Crippen LogP contribution < -0.4 is 0 Å². The van der Waals surface area contributed by atoms with Crippen LogP contribution in [0.15, 0.2) is 0 Å². The number of aliphatic carboxylic acids is 1. The summed E-state index contributed by atoms with van der Waals surface area (Å²) in [5.74, 6) is -1.60. The third kappa shape index (κ3) is 2.82. The van der Waals surface area contributed by atoms with Crippen molar-refractivity contribution in [1.82, 2.24) is 9.80 Å². The summed E-state index contributed by atoms with van der Waals surface area (Å²) in [5.41, 5.74) is -0.482. The second-order valence-electron chi connectivity index (χ2n) is 5.20. The van der Waals surface area contributed by atoms with Crippen LogP contribution in [0.2, 0.25) is 0 Å². The summed E-state index contributed by atoms with van der Waals surface area (Å²) in [7, 11) is 1.42. The Kier molecular flexibility index (Phi) is 3.56. The Morgan fingerprint density at radius 3 is 2.29 bits per heavy atom. The Morgan fingerprint density at radius 2 is 2.00 bits per heavy atom. The Bertz CT molecular complexity index is 359. The van der Waals surface area contributed by atoms with E-state index in [1.165, 1.54) is 7.05 Å². The number of imide groups is 1. The smallest absolute Gasteiger partial charge is 0.317 e. The van der Waals surface area contributed by atoms with E-state index in [4.69, 9.17) is 5.11 Å². The summed E-state index contributed by atoms with van der Waals surface area (Å²) in [6.45, 7) is 5.23. The average Bonchev–Trinajstić information content (AvgIpc) is 2.40. The summed E-state index contributed by atoms with van der Waals surface area (Å²) >= 11 is 0. The number of hydrogen-bond donors (Lipinski definition) is 1. The highest BCUT2D eigenvalue weighted by molar-refractivity contribution is 6.05. The number of nitrogens with zero attached hydrogens (tertiary/aromatic N) is 2. The lowest BCUT2D eigenvalue weighted by atomic mass is 10.0. The summed E-state index contributed by atoms with van der Waals surface area (Å²) in [4.78, 5) is 36.7. The molecule has 1 unspecified atom stereocenters. The Labute approximate surface area is 100 Å². The molecule has 1 saturated heterocycles. The fraction of sp³-hybridized carbons (Fsp3) is 0.727. The SMILES string of the molecule is CN1C(=O)CC(N(CC(=O)O)C(C)(C)C)C1=O. The van der Waals surface area contributed by atoms with Crippen molar-refractivity contribution in [3.63, 3.8) is 0 Å². The molecule has 0 aromatic heterocycles. The Hall–Kier alpha value is -1.43. The summed E-state index contributed by atoms with van der Waals surface area (Å²) in [5, 5.41) is 8.87. The molecule has 1 fully saturated rings. The second kappa shape index (κ2) is 4.44. The maximum absolute atomic E-state index is 11.9. The maximum Gasteiger partial charge on any atom is 0.317 e. The molecule has 0 saturated carbocycles. The zero-order valence-electron chi connectivity index (χ0n) is 10.6. The number of likely N-dealkylation sites (N-methyl/N-ethyl adjacent to an activating group) is 1. The number of carbonyl (C=O) groups excluding carboxylic acids is 2. The second-order valence-corrected chi connectivity index (χ2v) is 5.20. The van der Waals surface area contributed by atoms with Crippen LogP contribution in [0.5, 0.6) is 0 Å². The van der Waals surface area contributed by atoms with Crippen molar-refractivity contribution in [3.8, 4) is 0 Å². The molecule has 1 N–H and O–H groups in total. The fourth-order valence-electron chi connectivity index (χ4n) is 1.94. The molecule has 0 radical (unpaired) electrons. The van der Waals surface area contributed by atoms with E-state index in [0.717, 1.165) is 4.90 Å². The van der Waals surface area contributed by atoms with E-state index in [9.17, 15) is 14.4 Å². The molecule has 0 aromatic carbocycles. The van der Waals surface area contributed by atoms with Crippen LogP contribution in [0, 0.1) is 0 Å². The van der Waals surface area contributed by atoms with Crippen molar-refractivity contribution in [3.05, 3.63) is 0 Å². The van der Waals surface area contributed by atoms with Crippen molar-refractivity contribution in [2.45, 2.75) is 38.8 Å². The molecular weight excluding hydrogens is 224 g/mol.